The highest BCUT2D eigenvalue weighted by molar-refractivity contribution is 8.26. The lowest BCUT2D eigenvalue weighted by Crippen LogP contribution is -2.27. The van der Waals surface area contributed by atoms with Crippen LogP contribution in [0.3, 0.4) is 0 Å². The third-order valence-corrected chi connectivity index (χ3v) is 6.19. The molecule has 0 spiro atoms. The Morgan fingerprint density at radius 3 is 2.60 bits per heavy atom. The van der Waals surface area contributed by atoms with Gasteiger partial charge >= 0.3 is 0 Å². The first-order valence-corrected chi connectivity index (χ1v) is 11.4. The van der Waals surface area contributed by atoms with Gasteiger partial charge in [0, 0.05) is 17.1 Å². The average molecular weight is 462 g/mol. The first-order valence-electron chi connectivity index (χ1n) is 9.82. The molecule has 0 bridgehead atoms. The Balaban J connectivity index is 1.68. The fourth-order valence-corrected chi connectivity index (χ4v) is 4.66. The summed E-state index contributed by atoms with van der Waals surface area (Å²) in [5.74, 6) is 1.39. The maximum Gasteiger partial charge on any atom is 0.266 e. The molecular weight excluding hydrogens is 438 g/mol. The summed E-state index contributed by atoms with van der Waals surface area (Å²) in [6.07, 6.45) is 2.75. The maximum atomic E-state index is 12.5. The van der Waals surface area contributed by atoms with E-state index in [0.717, 1.165) is 17.7 Å². The van der Waals surface area contributed by atoms with Gasteiger partial charge in [0.15, 0.2) is 0 Å². The van der Waals surface area contributed by atoms with Crippen LogP contribution in [0.1, 0.15) is 30.5 Å². The van der Waals surface area contributed by atoms with Crippen LogP contribution in [-0.2, 0) is 11.2 Å². The molecule has 1 aliphatic heterocycles. The number of ether oxygens (including phenoxy) is 2. The molecule has 1 heterocycles. The van der Waals surface area contributed by atoms with E-state index in [4.69, 9.17) is 33.3 Å². The minimum absolute atomic E-state index is 0.0899. The summed E-state index contributed by atoms with van der Waals surface area (Å²) in [5, 5.41) is 0.572. The van der Waals surface area contributed by atoms with Crippen molar-refractivity contribution in [3.05, 3.63) is 63.0 Å². The lowest BCUT2D eigenvalue weighted by molar-refractivity contribution is -0.121. The fraction of sp³-hybridized carbons (Fsp3) is 0.304. The molecule has 2 aromatic carbocycles. The smallest absolute Gasteiger partial charge is 0.266 e. The summed E-state index contributed by atoms with van der Waals surface area (Å²) >= 11 is 12.7. The van der Waals surface area contributed by atoms with Gasteiger partial charge in [-0.15, -0.1) is 0 Å². The molecule has 0 unspecified atom stereocenters. The van der Waals surface area contributed by atoms with Crippen LogP contribution in [0, 0.1) is 6.92 Å². The van der Waals surface area contributed by atoms with Crippen molar-refractivity contribution < 1.29 is 14.3 Å². The molecule has 0 aromatic heterocycles. The summed E-state index contributed by atoms with van der Waals surface area (Å²) in [6.45, 7) is 7.42. The van der Waals surface area contributed by atoms with E-state index in [1.165, 1.54) is 22.9 Å². The first-order chi connectivity index (χ1) is 14.4. The van der Waals surface area contributed by atoms with E-state index in [9.17, 15) is 4.79 Å². The van der Waals surface area contributed by atoms with Gasteiger partial charge in [-0.25, -0.2) is 0 Å². The van der Waals surface area contributed by atoms with E-state index in [2.05, 4.69) is 26.0 Å². The largest absolute Gasteiger partial charge is 0.490 e. The summed E-state index contributed by atoms with van der Waals surface area (Å²) < 4.78 is 12.4. The Morgan fingerprint density at radius 1 is 1.13 bits per heavy atom. The second-order valence-corrected chi connectivity index (χ2v) is 8.93. The van der Waals surface area contributed by atoms with Crippen LogP contribution in [0.4, 0.5) is 0 Å². The van der Waals surface area contributed by atoms with E-state index < -0.39 is 0 Å². The molecule has 0 aliphatic carbocycles. The normalized spacial score (nSPS) is 15.2. The van der Waals surface area contributed by atoms with Crippen molar-refractivity contribution in [2.24, 2.45) is 0 Å². The monoisotopic (exact) mass is 461 g/mol. The molecule has 7 heteroatoms. The summed E-state index contributed by atoms with van der Waals surface area (Å²) in [6, 6.07) is 11.6. The van der Waals surface area contributed by atoms with E-state index in [1.54, 1.807) is 29.2 Å². The van der Waals surface area contributed by atoms with Crippen LogP contribution in [0.5, 0.6) is 11.5 Å². The highest BCUT2D eigenvalue weighted by Crippen LogP contribution is 2.34. The predicted molar refractivity (Wildman–Crippen MR) is 129 cm³/mol. The van der Waals surface area contributed by atoms with Crippen LogP contribution in [0.15, 0.2) is 41.3 Å². The van der Waals surface area contributed by atoms with Crippen LogP contribution in [0.2, 0.25) is 5.02 Å². The molecule has 1 aliphatic rings. The Kier molecular flexibility index (Phi) is 7.81. The highest BCUT2D eigenvalue weighted by atomic mass is 35.5. The van der Waals surface area contributed by atoms with Gasteiger partial charge in [-0.1, -0.05) is 48.6 Å². The molecule has 1 fully saturated rings. The second-order valence-electron chi connectivity index (χ2n) is 6.81. The molecule has 0 atom stereocenters. The van der Waals surface area contributed by atoms with Crippen LogP contribution in [-0.4, -0.2) is 34.9 Å². The molecule has 3 rings (SSSR count). The standard InChI is InChI=1S/C23H24ClNO3S2/c1-4-16-10-15(3)11-19(12-16)27-8-9-28-20-7-6-18(24)13-17(20)14-21-22(26)25(5-2)23(29)30-21/h6-7,10-14H,4-5,8-9H2,1-3H3/b21-14-. The van der Waals surface area contributed by atoms with Crippen molar-refractivity contribution in [2.45, 2.75) is 27.2 Å². The molecule has 30 heavy (non-hydrogen) atoms. The Bertz CT molecular complexity index is 990. The molecule has 0 saturated carbocycles. The Labute approximate surface area is 192 Å². The number of hydrogen-bond donors (Lipinski definition) is 0. The number of hydrogen-bond acceptors (Lipinski definition) is 5. The van der Waals surface area contributed by atoms with Crippen molar-refractivity contribution >= 4 is 51.9 Å². The highest BCUT2D eigenvalue weighted by Gasteiger charge is 2.30. The topological polar surface area (TPSA) is 38.8 Å². The number of benzene rings is 2. The molecule has 1 saturated heterocycles. The zero-order valence-electron chi connectivity index (χ0n) is 17.2. The Hall–Kier alpha value is -2.02. The number of thiocarbonyl (C=S) groups is 1. The third kappa shape index (κ3) is 5.56. The van der Waals surface area contributed by atoms with Crippen LogP contribution < -0.4 is 9.47 Å². The SMILES string of the molecule is CCc1cc(C)cc(OCCOc2ccc(Cl)cc2/C=C2\SC(=S)N(CC)C2=O)c1. The number of carbonyl (C=O) groups excluding carboxylic acids is 1. The molecular formula is C23H24ClNO3S2. The lowest BCUT2D eigenvalue weighted by atomic mass is 10.1. The van der Waals surface area contributed by atoms with E-state index in [-0.39, 0.29) is 5.91 Å². The quantitative estimate of drug-likeness (QED) is 0.278. The van der Waals surface area contributed by atoms with Gasteiger partial charge in [-0.05, 0) is 67.8 Å². The maximum absolute atomic E-state index is 12.5. The minimum atomic E-state index is -0.0899. The number of nitrogens with zero attached hydrogens (tertiary/aromatic N) is 1. The predicted octanol–water partition coefficient (Wildman–Crippen LogP) is 5.89. The fourth-order valence-electron chi connectivity index (χ4n) is 3.10. The number of thioether (sulfide) groups is 1. The van der Waals surface area contributed by atoms with Crippen molar-refractivity contribution in [1.29, 1.82) is 0 Å². The van der Waals surface area contributed by atoms with Crippen molar-refractivity contribution in [3.8, 4) is 11.5 Å². The van der Waals surface area contributed by atoms with Gasteiger partial charge in [0.2, 0.25) is 0 Å². The van der Waals surface area contributed by atoms with Crippen molar-refractivity contribution in [3.63, 3.8) is 0 Å². The van der Waals surface area contributed by atoms with Crippen molar-refractivity contribution in [1.82, 2.24) is 4.90 Å². The van der Waals surface area contributed by atoms with E-state index >= 15 is 0 Å². The first kappa shape index (κ1) is 22.7. The average Bonchev–Trinajstić information content (AvgIpc) is 2.98. The van der Waals surface area contributed by atoms with Gasteiger partial charge < -0.3 is 9.47 Å². The van der Waals surface area contributed by atoms with Crippen LogP contribution >= 0.6 is 35.6 Å². The van der Waals surface area contributed by atoms with Gasteiger partial charge in [-0.3, -0.25) is 9.69 Å². The van der Waals surface area contributed by atoms with Gasteiger partial charge in [0.25, 0.3) is 5.91 Å². The van der Waals surface area contributed by atoms with E-state index in [0.29, 0.717) is 39.8 Å². The lowest BCUT2D eigenvalue weighted by Gasteiger charge is -2.12. The molecule has 4 nitrogen and oxygen atoms in total. The molecule has 2 aromatic rings. The summed E-state index contributed by atoms with van der Waals surface area (Å²) in [4.78, 5) is 14.6. The van der Waals surface area contributed by atoms with Gasteiger partial charge in [0.05, 0.1) is 4.91 Å². The number of rotatable bonds is 8. The van der Waals surface area contributed by atoms with Gasteiger partial charge in [-0.2, -0.15) is 0 Å². The molecule has 0 radical (unpaired) electrons. The minimum Gasteiger partial charge on any atom is -0.490 e. The molecule has 1 amide bonds. The number of carbonyl (C=O) groups is 1. The Morgan fingerprint density at radius 2 is 1.90 bits per heavy atom. The number of aryl methyl sites for hydroxylation is 2. The second kappa shape index (κ2) is 10.3. The van der Waals surface area contributed by atoms with E-state index in [1.807, 2.05) is 13.0 Å². The zero-order chi connectivity index (χ0) is 21.7. The third-order valence-electron chi connectivity index (χ3n) is 4.58. The molecule has 0 N–H and O–H groups in total. The number of likely N-dealkylation sites (N-methyl/N-ethyl adjacent to an activating group) is 1. The van der Waals surface area contributed by atoms with Gasteiger partial charge in [0.1, 0.15) is 29.0 Å². The zero-order valence-corrected chi connectivity index (χ0v) is 19.6. The number of halogens is 1. The summed E-state index contributed by atoms with van der Waals surface area (Å²) in [7, 11) is 0. The van der Waals surface area contributed by atoms with Crippen LogP contribution in [0.25, 0.3) is 6.08 Å². The molecule has 158 valence electrons. The summed E-state index contributed by atoms with van der Waals surface area (Å²) in [5.41, 5.74) is 3.16. The number of amides is 1. The van der Waals surface area contributed by atoms with Crippen molar-refractivity contribution in [2.75, 3.05) is 19.8 Å².